The van der Waals surface area contributed by atoms with Gasteiger partial charge in [-0.05, 0) is 43.7 Å². The molecule has 1 aromatic heterocycles. The molecule has 2 heterocycles. The van der Waals surface area contributed by atoms with Gasteiger partial charge in [0.25, 0.3) is 5.91 Å². The zero-order valence-corrected chi connectivity index (χ0v) is 17.5. The molecule has 6 heteroatoms. The third-order valence-electron chi connectivity index (χ3n) is 4.84. The molecule has 0 bridgehead atoms. The lowest BCUT2D eigenvalue weighted by molar-refractivity contribution is -0.124. The van der Waals surface area contributed by atoms with Gasteiger partial charge in [-0.2, -0.15) is 0 Å². The van der Waals surface area contributed by atoms with Gasteiger partial charge in [0, 0.05) is 17.0 Å². The van der Waals surface area contributed by atoms with Crippen molar-refractivity contribution in [1.29, 1.82) is 0 Å². The largest absolute Gasteiger partial charge is 0.462 e. The molecule has 1 N–H and O–H groups in total. The number of esters is 1. The van der Waals surface area contributed by atoms with Crippen molar-refractivity contribution in [3.63, 3.8) is 0 Å². The Bertz CT molecular complexity index is 835. The highest BCUT2D eigenvalue weighted by atomic mass is 32.1. The number of carbonyl (C=O) groups is 2. The molecule has 3 rings (SSSR count). The molecule has 0 spiro atoms. The summed E-state index contributed by atoms with van der Waals surface area (Å²) < 4.78 is 10.9. The van der Waals surface area contributed by atoms with Gasteiger partial charge in [-0.1, -0.05) is 38.1 Å². The van der Waals surface area contributed by atoms with Crippen molar-refractivity contribution in [2.24, 2.45) is 0 Å². The fraction of sp³-hybridized carbons (Fsp3) is 0.455. The van der Waals surface area contributed by atoms with E-state index in [2.05, 4.69) is 24.4 Å². The molecule has 2 aromatic rings. The van der Waals surface area contributed by atoms with Gasteiger partial charge < -0.3 is 14.8 Å². The van der Waals surface area contributed by atoms with E-state index in [1.165, 1.54) is 16.9 Å². The Labute approximate surface area is 170 Å². The van der Waals surface area contributed by atoms with Crippen molar-refractivity contribution >= 4 is 28.2 Å². The molecular weight excluding hydrogens is 374 g/mol. The number of thiophene rings is 1. The minimum absolute atomic E-state index is 0.198. The van der Waals surface area contributed by atoms with Crippen LogP contribution >= 0.6 is 11.3 Å². The highest BCUT2D eigenvalue weighted by molar-refractivity contribution is 7.17. The van der Waals surface area contributed by atoms with Gasteiger partial charge in [0.1, 0.15) is 16.7 Å². The van der Waals surface area contributed by atoms with Crippen molar-refractivity contribution < 1.29 is 19.1 Å². The SMILES string of the molecule is CCCOC(=O)c1c(NC(=O)C2CCCO2)sc(C)c1-c1ccc(CC)cc1. The maximum atomic E-state index is 12.9. The maximum Gasteiger partial charge on any atom is 0.341 e. The molecular formula is C22H27NO4S. The lowest BCUT2D eigenvalue weighted by Crippen LogP contribution is -2.27. The number of nitrogens with one attached hydrogen (secondary N) is 1. The Morgan fingerprint density at radius 3 is 2.61 bits per heavy atom. The zero-order chi connectivity index (χ0) is 20.1. The number of carbonyl (C=O) groups excluding carboxylic acids is 2. The molecule has 0 aliphatic carbocycles. The van der Waals surface area contributed by atoms with Gasteiger partial charge >= 0.3 is 5.97 Å². The van der Waals surface area contributed by atoms with Crippen LogP contribution in [0.25, 0.3) is 11.1 Å². The maximum absolute atomic E-state index is 12.9. The van der Waals surface area contributed by atoms with Gasteiger partial charge in [0.15, 0.2) is 0 Å². The monoisotopic (exact) mass is 401 g/mol. The summed E-state index contributed by atoms with van der Waals surface area (Å²) in [6, 6.07) is 8.18. The highest BCUT2D eigenvalue weighted by Crippen LogP contribution is 2.40. The Balaban J connectivity index is 1.98. The fourth-order valence-corrected chi connectivity index (χ4v) is 4.39. The van der Waals surface area contributed by atoms with E-state index in [4.69, 9.17) is 9.47 Å². The summed E-state index contributed by atoms with van der Waals surface area (Å²) in [6.07, 6.45) is 2.83. The number of aryl methyl sites for hydroxylation is 2. The van der Waals surface area contributed by atoms with Crippen molar-refractivity contribution in [2.45, 2.75) is 52.6 Å². The zero-order valence-electron chi connectivity index (χ0n) is 16.7. The third-order valence-corrected chi connectivity index (χ3v) is 5.86. The number of rotatable bonds is 7. The Morgan fingerprint density at radius 1 is 1.25 bits per heavy atom. The van der Waals surface area contributed by atoms with Crippen LogP contribution in [0.1, 0.15) is 53.9 Å². The van der Waals surface area contributed by atoms with E-state index in [-0.39, 0.29) is 5.91 Å². The van der Waals surface area contributed by atoms with E-state index in [1.807, 2.05) is 26.0 Å². The Hall–Kier alpha value is -2.18. The first-order chi connectivity index (χ1) is 13.5. The van der Waals surface area contributed by atoms with Crippen LogP contribution in [-0.2, 0) is 20.7 Å². The molecule has 1 saturated heterocycles. The normalized spacial score (nSPS) is 16.2. The van der Waals surface area contributed by atoms with Gasteiger partial charge in [-0.25, -0.2) is 4.79 Å². The molecule has 1 unspecified atom stereocenters. The van der Waals surface area contributed by atoms with Crippen molar-refractivity contribution in [1.82, 2.24) is 0 Å². The molecule has 1 fully saturated rings. The molecule has 1 amide bonds. The molecule has 1 aliphatic rings. The van der Waals surface area contributed by atoms with Gasteiger partial charge in [-0.3, -0.25) is 4.79 Å². The second kappa shape index (κ2) is 9.34. The summed E-state index contributed by atoms with van der Waals surface area (Å²) in [5.74, 6) is -0.598. The number of amides is 1. The third kappa shape index (κ3) is 4.45. The van der Waals surface area contributed by atoms with Gasteiger partial charge in [0.2, 0.25) is 0 Å². The van der Waals surface area contributed by atoms with Crippen LogP contribution in [0.2, 0.25) is 0 Å². The molecule has 1 aliphatic heterocycles. The number of hydrogen-bond donors (Lipinski definition) is 1. The fourth-order valence-electron chi connectivity index (χ4n) is 3.33. The lowest BCUT2D eigenvalue weighted by Gasteiger charge is -2.12. The number of anilines is 1. The summed E-state index contributed by atoms with van der Waals surface area (Å²) in [6.45, 7) is 6.98. The minimum atomic E-state index is -0.450. The summed E-state index contributed by atoms with van der Waals surface area (Å²) in [4.78, 5) is 26.4. The van der Waals surface area contributed by atoms with Crippen LogP contribution in [0, 0.1) is 6.92 Å². The average Bonchev–Trinajstić information content (AvgIpc) is 3.34. The second-order valence-corrected chi connectivity index (χ2v) is 8.14. The van der Waals surface area contributed by atoms with Crippen LogP contribution in [0.15, 0.2) is 24.3 Å². The summed E-state index contributed by atoms with van der Waals surface area (Å²) >= 11 is 1.41. The van der Waals surface area contributed by atoms with Crippen LogP contribution in [0.5, 0.6) is 0 Å². The van der Waals surface area contributed by atoms with Crippen LogP contribution < -0.4 is 5.32 Å². The molecule has 5 nitrogen and oxygen atoms in total. The van der Waals surface area contributed by atoms with Crippen molar-refractivity contribution in [2.75, 3.05) is 18.5 Å². The second-order valence-electron chi connectivity index (χ2n) is 6.91. The topological polar surface area (TPSA) is 64.6 Å². The molecule has 1 aromatic carbocycles. The number of hydrogen-bond acceptors (Lipinski definition) is 5. The predicted octanol–water partition coefficient (Wildman–Crippen LogP) is 4.97. The molecule has 28 heavy (non-hydrogen) atoms. The first kappa shape index (κ1) is 20.6. The molecule has 150 valence electrons. The first-order valence-corrected chi connectivity index (χ1v) is 10.7. The van der Waals surface area contributed by atoms with E-state index < -0.39 is 12.1 Å². The standard InChI is InChI=1S/C22H27NO4S/c1-4-12-27-22(25)19-18(16-10-8-15(5-2)9-11-16)14(3)28-21(19)23-20(24)17-7-6-13-26-17/h8-11,17H,4-7,12-13H2,1-3H3,(H,23,24). The summed E-state index contributed by atoms with van der Waals surface area (Å²) in [5, 5.41) is 3.45. The minimum Gasteiger partial charge on any atom is -0.462 e. The quantitative estimate of drug-likeness (QED) is 0.665. The van der Waals surface area contributed by atoms with Crippen LogP contribution in [0.4, 0.5) is 5.00 Å². The number of benzene rings is 1. The van der Waals surface area contributed by atoms with E-state index in [1.54, 1.807) is 0 Å². The predicted molar refractivity (Wildman–Crippen MR) is 112 cm³/mol. The van der Waals surface area contributed by atoms with Gasteiger partial charge in [-0.15, -0.1) is 11.3 Å². The summed E-state index contributed by atoms with van der Waals surface area (Å²) in [7, 11) is 0. The summed E-state index contributed by atoms with van der Waals surface area (Å²) in [5.41, 5.74) is 3.45. The van der Waals surface area contributed by atoms with Crippen LogP contribution in [-0.4, -0.2) is 31.2 Å². The smallest absolute Gasteiger partial charge is 0.341 e. The Kier molecular flexibility index (Phi) is 6.86. The van der Waals surface area contributed by atoms with Crippen molar-refractivity contribution in [3.8, 4) is 11.1 Å². The number of ether oxygens (including phenoxy) is 2. The van der Waals surface area contributed by atoms with Crippen LogP contribution in [0.3, 0.4) is 0 Å². The van der Waals surface area contributed by atoms with E-state index in [0.717, 1.165) is 35.3 Å². The van der Waals surface area contributed by atoms with Crippen molar-refractivity contribution in [3.05, 3.63) is 40.3 Å². The lowest BCUT2D eigenvalue weighted by atomic mass is 9.99. The van der Waals surface area contributed by atoms with E-state index in [0.29, 0.717) is 30.2 Å². The molecule has 1 atom stereocenters. The Morgan fingerprint density at radius 2 is 2.00 bits per heavy atom. The van der Waals surface area contributed by atoms with Gasteiger partial charge in [0.05, 0.1) is 6.61 Å². The van der Waals surface area contributed by atoms with E-state index >= 15 is 0 Å². The highest BCUT2D eigenvalue weighted by Gasteiger charge is 2.29. The average molecular weight is 402 g/mol. The molecule has 0 radical (unpaired) electrons. The molecule has 0 saturated carbocycles. The van der Waals surface area contributed by atoms with E-state index in [9.17, 15) is 9.59 Å². The first-order valence-electron chi connectivity index (χ1n) is 9.87.